The first-order valence-electron chi connectivity index (χ1n) is 12.1. The molecular formula is C29H33NO3S. The van der Waals surface area contributed by atoms with Crippen molar-refractivity contribution in [2.24, 2.45) is 0 Å². The second-order valence-corrected chi connectivity index (χ2v) is 10.2. The van der Waals surface area contributed by atoms with Gasteiger partial charge in [-0.2, -0.15) is 0 Å². The van der Waals surface area contributed by atoms with Crippen molar-refractivity contribution in [1.29, 1.82) is 0 Å². The lowest BCUT2D eigenvalue weighted by atomic mass is 9.84. The molecule has 1 aliphatic rings. The van der Waals surface area contributed by atoms with Gasteiger partial charge in [-0.1, -0.05) is 104 Å². The van der Waals surface area contributed by atoms with Crippen LogP contribution in [0, 0.1) is 0 Å². The molecule has 178 valence electrons. The fourth-order valence-corrected chi connectivity index (χ4v) is 6.59. The van der Waals surface area contributed by atoms with Crippen molar-refractivity contribution < 1.29 is 14.6 Å². The molecule has 1 amide bonds. The Bertz CT molecular complexity index is 932. The topological polar surface area (TPSA) is 49.8 Å². The molecule has 0 aromatic heterocycles. The third-order valence-electron chi connectivity index (χ3n) is 6.43. The number of likely N-dealkylation sites (tertiary alicyclic amines) is 1. The standard InChI is InChI=1S/C29H33NO3S/c1-2-3-19-33-28(32)30-21-27(20-26(30)22-31)34-29(23-13-7-4-8-14-23,24-15-9-5-10-16-24)25-17-11-6-12-18-25/h4-18,26-27,31H,2-3,19-22H2,1H3/t26-,27+/m0/s1. The number of ether oxygens (including phenoxy) is 1. The number of rotatable bonds is 9. The summed E-state index contributed by atoms with van der Waals surface area (Å²) in [5.74, 6) is 0. The van der Waals surface area contributed by atoms with Crippen LogP contribution in [-0.4, -0.2) is 47.1 Å². The summed E-state index contributed by atoms with van der Waals surface area (Å²) in [6.07, 6.45) is 2.22. The van der Waals surface area contributed by atoms with Crippen LogP contribution in [0.25, 0.3) is 0 Å². The summed E-state index contributed by atoms with van der Waals surface area (Å²) in [5, 5.41) is 10.2. The molecule has 1 fully saturated rings. The number of hydrogen-bond acceptors (Lipinski definition) is 4. The van der Waals surface area contributed by atoms with E-state index in [9.17, 15) is 9.90 Å². The van der Waals surface area contributed by atoms with Crippen LogP contribution in [0.1, 0.15) is 42.9 Å². The normalized spacial score (nSPS) is 18.1. The van der Waals surface area contributed by atoms with Gasteiger partial charge in [-0.25, -0.2) is 4.79 Å². The molecule has 1 aliphatic heterocycles. The number of amides is 1. The molecule has 3 aromatic carbocycles. The van der Waals surface area contributed by atoms with Crippen LogP contribution >= 0.6 is 11.8 Å². The molecule has 34 heavy (non-hydrogen) atoms. The monoisotopic (exact) mass is 475 g/mol. The Balaban J connectivity index is 1.72. The van der Waals surface area contributed by atoms with E-state index in [1.807, 2.05) is 30.0 Å². The molecular weight excluding hydrogens is 442 g/mol. The molecule has 0 spiro atoms. The average Bonchev–Trinajstić information content (AvgIpc) is 3.32. The van der Waals surface area contributed by atoms with Gasteiger partial charge in [0.25, 0.3) is 0 Å². The predicted octanol–water partition coefficient (Wildman–Crippen LogP) is 6.08. The van der Waals surface area contributed by atoms with E-state index in [0.29, 0.717) is 13.2 Å². The number of thioether (sulfide) groups is 1. The molecule has 1 saturated heterocycles. The minimum absolute atomic E-state index is 0.0606. The number of aliphatic hydroxyl groups excluding tert-OH is 1. The van der Waals surface area contributed by atoms with E-state index in [0.717, 1.165) is 19.3 Å². The molecule has 0 radical (unpaired) electrons. The maximum absolute atomic E-state index is 12.8. The summed E-state index contributed by atoms with van der Waals surface area (Å²) in [6.45, 7) is 2.98. The zero-order valence-electron chi connectivity index (χ0n) is 19.7. The van der Waals surface area contributed by atoms with Crippen molar-refractivity contribution in [1.82, 2.24) is 4.90 Å². The van der Waals surface area contributed by atoms with Gasteiger partial charge in [0.15, 0.2) is 0 Å². The Morgan fingerprint density at radius 1 is 0.941 bits per heavy atom. The van der Waals surface area contributed by atoms with E-state index in [1.54, 1.807) is 4.90 Å². The predicted molar refractivity (Wildman–Crippen MR) is 139 cm³/mol. The lowest BCUT2D eigenvalue weighted by Crippen LogP contribution is -2.38. The minimum Gasteiger partial charge on any atom is -0.449 e. The second-order valence-electron chi connectivity index (χ2n) is 8.71. The Morgan fingerprint density at radius 3 is 1.88 bits per heavy atom. The molecule has 0 bridgehead atoms. The van der Waals surface area contributed by atoms with Gasteiger partial charge in [-0.15, -0.1) is 11.8 Å². The van der Waals surface area contributed by atoms with E-state index in [-0.39, 0.29) is 24.0 Å². The number of unbranched alkanes of at least 4 members (excludes halogenated alkanes) is 1. The highest BCUT2D eigenvalue weighted by Gasteiger charge is 2.44. The van der Waals surface area contributed by atoms with E-state index < -0.39 is 4.75 Å². The molecule has 3 aromatic rings. The van der Waals surface area contributed by atoms with Crippen molar-refractivity contribution >= 4 is 17.9 Å². The third kappa shape index (κ3) is 5.16. The number of aliphatic hydroxyl groups is 1. The molecule has 0 aliphatic carbocycles. The van der Waals surface area contributed by atoms with Crippen molar-refractivity contribution in [3.8, 4) is 0 Å². The number of carbonyl (C=O) groups excluding carboxylic acids is 1. The average molecular weight is 476 g/mol. The van der Waals surface area contributed by atoms with Gasteiger partial charge in [-0.3, -0.25) is 0 Å². The molecule has 1 heterocycles. The highest BCUT2D eigenvalue weighted by atomic mass is 32.2. The van der Waals surface area contributed by atoms with Crippen LogP contribution < -0.4 is 0 Å². The molecule has 2 atom stereocenters. The summed E-state index contributed by atoms with van der Waals surface area (Å²) in [4.78, 5) is 14.5. The molecule has 1 N–H and O–H groups in total. The highest BCUT2D eigenvalue weighted by Crippen LogP contribution is 2.52. The first-order chi connectivity index (χ1) is 16.7. The van der Waals surface area contributed by atoms with Gasteiger partial charge in [0.2, 0.25) is 0 Å². The summed E-state index contributed by atoms with van der Waals surface area (Å²) in [6, 6.07) is 31.5. The van der Waals surface area contributed by atoms with Crippen LogP contribution in [0.3, 0.4) is 0 Å². The quantitative estimate of drug-likeness (QED) is 0.301. The fourth-order valence-electron chi connectivity index (χ4n) is 4.72. The SMILES string of the molecule is CCCCOC(=O)N1C[C@H](SC(c2ccccc2)(c2ccccc2)c2ccccc2)C[C@H]1CO. The lowest BCUT2D eigenvalue weighted by Gasteiger charge is -2.37. The third-order valence-corrected chi connectivity index (χ3v) is 8.16. The zero-order chi connectivity index (χ0) is 23.8. The summed E-state index contributed by atoms with van der Waals surface area (Å²) < 4.78 is 5.05. The van der Waals surface area contributed by atoms with E-state index >= 15 is 0 Å². The van der Waals surface area contributed by atoms with Gasteiger partial charge < -0.3 is 14.7 Å². The Morgan fingerprint density at radius 2 is 1.44 bits per heavy atom. The Labute approximate surface area is 207 Å². The maximum Gasteiger partial charge on any atom is 0.410 e. The number of nitrogens with zero attached hydrogens (tertiary/aromatic N) is 1. The summed E-state index contributed by atoms with van der Waals surface area (Å²) in [5.41, 5.74) is 3.59. The van der Waals surface area contributed by atoms with Crippen LogP contribution in [0.2, 0.25) is 0 Å². The molecule has 5 heteroatoms. The van der Waals surface area contributed by atoms with Gasteiger partial charge in [-0.05, 0) is 29.5 Å². The zero-order valence-corrected chi connectivity index (χ0v) is 20.5. The maximum atomic E-state index is 12.8. The first kappa shape index (κ1) is 24.4. The van der Waals surface area contributed by atoms with Gasteiger partial charge in [0, 0.05) is 11.8 Å². The Hall–Kier alpha value is -2.76. The van der Waals surface area contributed by atoms with Gasteiger partial charge in [0.1, 0.15) is 0 Å². The highest BCUT2D eigenvalue weighted by molar-refractivity contribution is 8.01. The van der Waals surface area contributed by atoms with Crippen molar-refractivity contribution in [2.75, 3.05) is 19.8 Å². The van der Waals surface area contributed by atoms with Gasteiger partial charge >= 0.3 is 6.09 Å². The van der Waals surface area contributed by atoms with Crippen LogP contribution in [0.4, 0.5) is 4.79 Å². The summed E-state index contributed by atoms with van der Waals surface area (Å²) >= 11 is 1.87. The van der Waals surface area contributed by atoms with Crippen LogP contribution in [0.5, 0.6) is 0 Å². The fraction of sp³-hybridized carbons (Fsp3) is 0.345. The smallest absolute Gasteiger partial charge is 0.410 e. The van der Waals surface area contributed by atoms with E-state index in [4.69, 9.17) is 4.74 Å². The number of carbonyl (C=O) groups is 1. The largest absolute Gasteiger partial charge is 0.449 e. The van der Waals surface area contributed by atoms with Crippen LogP contribution in [-0.2, 0) is 9.48 Å². The molecule has 4 rings (SSSR count). The second kappa shape index (κ2) is 11.6. The first-order valence-corrected chi connectivity index (χ1v) is 13.0. The van der Waals surface area contributed by atoms with Crippen molar-refractivity contribution in [2.45, 2.75) is 42.2 Å². The molecule has 0 saturated carbocycles. The Kier molecular flexibility index (Phi) is 8.30. The molecule has 0 unspecified atom stereocenters. The summed E-state index contributed by atoms with van der Waals surface area (Å²) in [7, 11) is 0. The van der Waals surface area contributed by atoms with Crippen LogP contribution in [0.15, 0.2) is 91.0 Å². The van der Waals surface area contributed by atoms with E-state index in [1.165, 1.54) is 16.7 Å². The van der Waals surface area contributed by atoms with Crippen molar-refractivity contribution in [3.05, 3.63) is 108 Å². The lowest BCUT2D eigenvalue weighted by molar-refractivity contribution is 0.0837. The number of benzene rings is 3. The van der Waals surface area contributed by atoms with E-state index in [2.05, 4.69) is 79.7 Å². The van der Waals surface area contributed by atoms with Gasteiger partial charge in [0.05, 0.1) is 24.0 Å². The minimum atomic E-state index is -0.448. The number of hydrogen-bond donors (Lipinski definition) is 1. The van der Waals surface area contributed by atoms with Crippen molar-refractivity contribution in [3.63, 3.8) is 0 Å². The molecule has 4 nitrogen and oxygen atoms in total.